The lowest BCUT2D eigenvalue weighted by molar-refractivity contribution is -0.125. The summed E-state index contributed by atoms with van der Waals surface area (Å²) in [7, 11) is 0. The van der Waals surface area contributed by atoms with Gasteiger partial charge in [0, 0.05) is 19.0 Å². The highest BCUT2D eigenvalue weighted by Gasteiger charge is 2.21. The van der Waals surface area contributed by atoms with E-state index in [1.807, 2.05) is 48.5 Å². The van der Waals surface area contributed by atoms with Gasteiger partial charge in [-0.3, -0.25) is 9.59 Å². The molecule has 0 aliphatic heterocycles. The van der Waals surface area contributed by atoms with Crippen molar-refractivity contribution in [1.82, 2.24) is 5.32 Å². The zero-order chi connectivity index (χ0) is 18.2. The molecule has 25 heavy (non-hydrogen) atoms. The average molecular weight is 338 g/mol. The highest BCUT2D eigenvalue weighted by atomic mass is 16.2. The fourth-order valence-electron chi connectivity index (χ4n) is 2.92. The van der Waals surface area contributed by atoms with Gasteiger partial charge in [-0.1, -0.05) is 62.4 Å². The van der Waals surface area contributed by atoms with E-state index in [0.29, 0.717) is 6.42 Å². The molecule has 0 aliphatic carbocycles. The Hall–Kier alpha value is -2.62. The number of carbonyl (C=O) groups is 2. The van der Waals surface area contributed by atoms with Gasteiger partial charge >= 0.3 is 0 Å². The van der Waals surface area contributed by atoms with Gasteiger partial charge in [0.05, 0.1) is 0 Å². The summed E-state index contributed by atoms with van der Waals surface area (Å²) in [4.78, 5) is 24.4. The lowest BCUT2D eigenvalue weighted by Crippen LogP contribution is -2.44. The zero-order valence-corrected chi connectivity index (χ0v) is 15.1. The second-order valence-corrected chi connectivity index (χ2v) is 6.09. The lowest BCUT2D eigenvalue weighted by Gasteiger charge is -2.20. The molecule has 0 unspecified atom stereocenters. The summed E-state index contributed by atoms with van der Waals surface area (Å²) in [6, 6.07) is 15.2. The van der Waals surface area contributed by atoms with Crippen LogP contribution in [0.2, 0.25) is 0 Å². The van der Waals surface area contributed by atoms with Crippen LogP contribution in [0.25, 0.3) is 0 Å². The second-order valence-electron chi connectivity index (χ2n) is 6.09. The summed E-state index contributed by atoms with van der Waals surface area (Å²) in [6.45, 7) is 5.57. The van der Waals surface area contributed by atoms with E-state index in [4.69, 9.17) is 0 Å². The first kappa shape index (κ1) is 18.7. The largest absolute Gasteiger partial charge is 0.344 e. The van der Waals surface area contributed by atoms with Crippen LogP contribution in [0.4, 0.5) is 5.69 Å². The third-order valence-corrected chi connectivity index (χ3v) is 4.22. The minimum atomic E-state index is -0.602. The normalized spacial score (nSPS) is 11.6. The van der Waals surface area contributed by atoms with Crippen LogP contribution in [-0.4, -0.2) is 17.9 Å². The molecule has 0 heterocycles. The van der Waals surface area contributed by atoms with E-state index in [-0.39, 0.29) is 11.8 Å². The molecule has 0 saturated carbocycles. The molecule has 2 aromatic rings. The van der Waals surface area contributed by atoms with Gasteiger partial charge in [-0.15, -0.1) is 0 Å². The minimum Gasteiger partial charge on any atom is -0.344 e. The summed E-state index contributed by atoms with van der Waals surface area (Å²) >= 11 is 0. The van der Waals surface area contributed by atoms with E-state index in [1.165, 1.54) is 6.92 Å². The Bertz CT molecular complexity index is 704. The molecule has 4 heteroatoms. The number of benzene rings is 2. The maximum atomic E-state index is 12.9. The van der Waals surface area contributed by atoms with Gasteiger partial charge in [0.2, 0.25) is 11.8 Å². The summed E-state index contributed by atoms with van der Waals surface area (Å²) in [6.07, 6.45) is 2.14. The Morgan fingerprint density at radius 3 is 2.04 bits per heavy atom. The number of aryl methyl sites for hydroxylation is 2. The van der Waals surface area contributed by atoms with Gasteiger partial charge in [-0.25, -0.2) is 0 Å². The van der Waals surface area contributed by atoms with Crippen molar-refractivity contribution in [3.63, 3.8) is 0 Å². The van der Waals surface area contributed by atoms with Crippen LogP contribution in [0.15, 0.2) is 48.5 Å². The van der Waals surface area contributed by atoms with Gasteiger partial charge in [-0.2, -0.15) is 0 Å². The number of carbonyl (C=O) groups excluding carboxylic acids is 2. The molecule has 0 spiro atoms. The first-order chi connectivity index (χ1) is 12.0. The summed E-state index contributed by atoms with van der Waals surface area (Å²) in [5.41, 5.74) is 4.10. The van der Waals surface area contributed by atoms with Crippen LogP contribution in [0.5, 0.6) is 0 Å². The Morgan fingerprint density at radius 2 is 1.52 bits per heavy atom. The number of rotatable bonds is 7. The van der Waals surface area contributed by atoms with Crippen LogP contribution in [-0.2, 0) is 28.9 Å². The molecular weight excluding hydrogens is 312 g/mol. The number of hydrogen-bond donors (Lipinski definition) is 2. The van der Waals surface area contributed by atoms with Crippen molar-refractivity contribution < 1.29 is 9.59 Å². The third kappa shape index (κ3) is 5.18. The molecule has 4 nitrogen and oxygen atoms in total. The Morgan fingerprint density at radius 1 is 0.920 bits per heavy atom. The van der Waals surface area contributed by atoms with E-state index in [0.717, 1.165) is 35.2 Å². The first-order valence-corrected chi connectivity index (χ1v) is 8.77. The van der Waals surface area contributed by atoms with Gasteiger partial charge in [-0.05, 0) is 29.5 Å². The molecule has 0 fully saturated rings. The molecule has 0 aromatic heterocycles. The van der Waals surface area contributed by atoms with Gasteiger partial charge in [0.1, 0.15) is 6.04 Å². The molecule has 1 atom stereocenters. The number of para-hydroxylation sites is 1. The molecule has 0 radical (unpaired) electrons. The van der Waals surface area contributed by atoms with Crippen molar-refractivity contribution in [3.05, 3.63) is 65.2 Å². The Kier molecular flexibility index (Phi) is 6.75. The SMILES string of the molecule is CCc1cccc(CC)c1NC(=O)[C@H](Cc1ccccc1)NC(C)=O. The van der Waals surface area contributed by atoms with E-state index in [2.05, 4.69) is 24.5 Å². The first-order valence-electron chi connectivity index (χ1n) is 8.77. The second kappa shape index (κ2) is 9.02. The van der Waals surface area contributed by atoms with Crippen molar-refractivity contribution in [1.29, 1.82) is 0 Å². The van der Waals surface area contributed by atoms with Crippen LogP contribution < -0.4 is 10.6 Å². The van der Waals surface area contributed by atoms with Crippen molar-refractivity contribution in [2.45, 2.75) is 46.1 Å². The fraction of sp³-hybridized carbons (Fsp3) is 0.333. The number of nitrogens with one attached hydrogen (secondary N) is 2. The van der Waals surface area contributed by atoms with Gasteiger partial charge < -0.3 is 10.6 Å². The molecule has 2 N–H and O–H groups in total. The van der Waals surface area contributed by atoms with Crippen molar-refractivity contribution in [3.8, 4) is 0 Å². The number of amides is 2. The average Bonchev–Trinajstić information content (AvgIpc) is 2.61. The molecule has 0 saturated heterocycles. The zero-order valence-electron chi connectivity index (χ0n) is 15.1. The smallest absolute Gasteiger partial charge is 0.247 e. The summed E-state index contributed by atoms with van der Waals surface area (Å²) in [5.74, 6) is -0.398. The highest BCUT2D eigenvalue weighted by Crippen LogP contribution is 2.23. The highest BCUT2D eigenvalue weighted by molar-refractivity contribution is 5.98. The van der Waals surface area contributed by atoms with Crippen LogP contribution in [0.3, 0.4) is 0 Å². The molecule has 0 aliphatic rings. The molecular formula is C21H26N2O2. The van der Waals surface area contributed by atoms with E-state index < -0.39 is 6.04 Å². The molecule has 2 amide bonds. The van der Waals surface area contributed by atoms with Gasteiger partial charge in [0.15, 0.2) is 0 Å². The van der Waals surface area contributed by atoms with Crippen LogP contribution >= 0.6 is 0 Å². The minimum absolute atomic E-state index is 0.186. The van der Waals surface area contributed by atoms with Crippen LogP contribution in [0, 0.1) is 0 Å². The fourth-order valence-corrected chi connectivity index (χ4v) is 2.92. The monoisotopic (exact) mass is 338 g/mol. The predicted molar refractivity (Wildman–Crippen MR) is 102 cm³/mol. The topological polar surface area (TPSA) is 58.2 Å². The van der Waals surface area contributed by atoms with E-state index >= 15 is 0 Å². The van der Waals surface area contributed by atoms with Crippen LogP contribution in [0.1, 0.15) is 37.5 Å². The maximum Gasteiger partial charge on any atom is 0.247 e. The third-order valence-electron chi connectivity index (χ3n) is 4.22. The van der Waals surface area contributed by atoms with Crippen molar-refractivity contribution >= 4 is 17.5 Å². The Labute approximate surface area is 149 Å². The predicted octanol–water partition coefficient (Wildman–Crippen LogP) is 3.50. The standard InChI is InChI=1S/C21H26N2O2/c1-4-17-12-9-13-18(5-2)20(17)23-21(25)19(22-15(3)24)14-16-10-7-6-8-11-16/h6-13,19H,4-5,14H2,1-3H3,(H,22,24)(H,23,25)/t19-/m0/s1. The van der Waals surface area contributed by atoms with E-state index in [9.17, 15) is 9.59 Å². The quantitative estimate of drug-likeness (QED) is 0.812. The maximum absolute atomic E-state index is 12.9. The molecule has 2 aromatic carbocycles. The Balaban J connectivity index is 2.24. The van der Waals surface area contributed by atoms with Crippen molar-refractivity contribution in [2.24, 2.45) is 0 Å². The van der Waals surface area contributed by atoms with E-state index in [1.54, 1.807) is 0 Å². The summed E-state index contributed by atoms with van der Waals surface area (Å²) in [5, 5.41) is 5.83. The number of hydrogen-bond acceptors (Lipinski definition) is 2. The summed E-state index contributed by atoms with van der Waals surface area (Å²) < 4.78 is 0. The molecule has 0 bridgehead atoms. The molecule has 132 valence electrons. The van der Waals surface area contributed by atoms with Gasteiger partial charge in [0.25, 0.3) is 0 Å². The lowest BCUT2D eigenvalue weighted by atomic mass is 10.0. The number of anilines is 1. The van der Waals surface area contributed by atoms with Crippen molar-refractivity contribution in [2.75, 3.05) is 5.32 Å². The molecule has 2 rings (SSSR count).